The minimum Gasteiger partial charge on any atom is -0.357 e. The molecule has 0 spiro atoms. The zero-order valence-electron chi connectivity index (χ0n) is 20.5. The first-order chi connectivity index (χ1) is 17.2. The van der Waals surface area contributed by atoms with E-state index in [1.54, 1.807) is 37.3 Å². The average Bonchev–Trinajstić information content (AvgIpc) is 2.88. The molecule has 0 radical (unpaired) electrons. The molecule has 7 nitrogen and oxygen atoms in total. The number of hydrogen-bond acceptors (Lipinski definition) is 4. The molecule has 0 aliphatic heterocycles. The number of nitrogens with zero attached hydrogens (tertiary/aromatic N) is 2. The molecule has 0 fully saturated rings. The van der Waals surface area contributed by atoms with Gasteiger partial charge in [-0.3, -0.25) is 13.9 Å². The first kappa shape index (κ1) is 26.9. The standard InChI is InChI=1S/C27H30FN3O4S/c1-4-25(27(33)29-3)30(18-21-12-10-20(2)11-13-21)26(32)19-31(23-8-6-5-7-9-23)36(34,35)24-16-14-22(28)15-17-24/h5-17,25H,4,18-19H2,1-3H3,(H,29,33)/t25-/m1/s1. The number of para-hydroxylation sites is 1. The van der Waals surface area contributed by atoms with Gasteiger partial charge in [-0.2, -0.15) is 0 Å². The smallest absolute Gasteiger partial charge is 0.264 e. The van der Waals surface area contributed by atoms with Crippen molar-refractivity contribution >= 4 is 27.5 Å². The number of hydrogen-bond donors (Lipinski definition) is 1. The SMILES string of the molecule is CC[C@H](C(=O)NC)N(Cc1ccc(C)cc1)C(=O)CN(c1ccccc1)S(=O)(=O)c1ccc(F)cc1. The van der Waals surface area contributed by atoms with Gasteiger partial charge in [0.05, 0.1) is 10.6 Å². The monoisotopic (exact) mass is 511 g/mol. The zero-order valence-corrected chi connectivity index (χ0v) is 21.3. The first-order valence-electron chi connectivity index (χ1n) is 11.6. The molecule has 0 aliphatic carbocycles. The maximum atomic E-state index is 13.7. The molecule has 9 heteroatoms. The van der Waals surface area contributed by atoms with Gasteiger partial charge in [0.25, 0.3) is 10.0 Å². The van der Waals surface area contributed by atoms with Crippen molar-refractivity contribution in [3.8, 4) is 0 Å². The summed E-state index contributed by atoms with van der Waals surface area (Å²) < 4.78 is 41.6. The maximum absolute atomic E-state index is 13.7. The molecular formula is C27H30FN3O4S. The molecule has 3 aromatic carbocycles. The predicted octanol–water partition coefficient (Wildman–Crippen LogP) is 3.88. The minimum atomic E-state index is -4.22. The molecule has 190 valence electrons. The van der Waals surface area contributed by atoms with Crippen molar-refractivity contribution in [2.75, 3.05) is 17.9 Å². The molecule has 0 saturated heterocycles. The fourth-order valence-corrected chi connectivity index (χ4v) is 5.25. The number of carbonyl (C=O) groups excluding carboxylic acids is 2. The highest BCUT2D eigenvalue weighted by Gasteiger charge is 2.33. The Morgan fingerprint density at radius 2 is 1.56 bits per heavy atom. The summed E-state index contributed by atoms with van der Waals surface area (Å²) in [6.45, 7) is 3.33. The summed E-state index contributed by atoms with van der Waals surface area (Å²) in [4.78, 5) is 27.7. The molecule has 0 heterocycles. The lowest BCUT2D eigenvalue weighted by molar-refractivity contribution is -0.140. The van der Waals surface area contributed by atoms with E-state index in [-0.39, 0.29) is 23.0 Å². The Hall–Kier alpha value is -3.72. The fourth-order valence-electron chi connectivity index (χ4n) is 3.83. The number of benzene rings is 3. The Morgan fingerprint density at radius 1 is 0.944 bits per heavy atom. The van der Waals surface area contributed by atoms with Crippen LogP contribution in [0.5, 0.6) is 0 Å². The van der Waals surface area contributed by atoms with Crippen LogP contribution < -0.4 is 9.62 Å². The second-order valence-corrected chi connectivity index (χ2v) is 10.2. The van der Waals surface area contributed by atoms with Crippen LogP contribution in [0.4, 0.5) is 10.1 Å². The van der Waals surface area contributed by atoms with Gasteiger partial charge in [0, 0.05) is 13.6 Å². The molecule has 0 saturated carbocycles. The molecule has 1 atom stereocenters. The molecule has 0 aliphatic rings. The number of halogens is 1. The molecule has 0 unspecified atom stereocenters. The summed E-state index contributed by atoms with van der Waals surface area (Å²) in [6, 6.07) is 19.4. The molecule has 3 rings (SSSR count). The van der Waals surface area contributed by atoms with Crippen LogP contribution in [0.15, 0.2) is 83.8 Å². The van der Waals surface area contributed by atoms with Crippen molar-refractivity contribution in [3.05, 3.63) is 95.8 Å². The van der Waals surface area contributed by atoms with E-state index in [0.717, 1.165) is 39.7 Å². The molecule has 1 N–H and O–H groups in total. The Balaban J connectivity index is 2.02. The third-order valence-electron chi connectivity index (χ3n) is 5.83. The highest BCUT2D eigenvalue weighted by Crippen LogP contribution is 2.25. The summed E-state index contributed by atoms with van der Waals surface area (Å²) in [7, 11) is -2.72. The number of nitrogens with one attached hydrogen (secondary N) is 1. The van der Waals surface area contributed by atoms with E-state index < -0.39 is 34.3 Å². The molecular weight excluding hydrogens is 481 g/mol. The van der Waals surface area contributed by atoms with Gasteiger partial charge in [-0.15, -0.1) is 0 Å². The van der Waals surface area contributed by atoms with Crippen LogP contribution in [0, 0.1) is 12.7 Å². The van der Waals surface area contributed by atoms with Gasteiger partial charge in [-0.1, -0.05) is 55.0 Å². The van der Waals surface area contributed by atoms with Crippen LogP contribution in [-0.4, -0.2) is 44.8 Å². The molecule has 2 amide bonds. The van der Waals surface area contributed by atoms with Crippen LogP contribution in [0.1, 0.15) is 24.5 Å². The molecule has 0 aromatic heterocycles. The van der Waals surface area contributed by atoms with Crippen molar-refractivity contribution in [2.45, 2.75) is 37.8 Å². The highest BCUT2D eigenvalue weighted by molar-refractivity contribution is 7.92. The largest absolute Gasteiger partial charge is 0.357 e. The van der Waals surface area contributed by atoms with E-state index in [1.165, 1.54) is 11.9 Å². The lowest BCUT2D eigenvalue weighted by Gasteiger charge is -2.33. The second-order valence-electron chi connectivity index (χ2n) is 8.35. The Labute approximate surface area is 211 Å². The average molecular weight is 512 g/mol. The number of aryl methyl sites for hydroxylation is 1. The van der Waals surface area contributed by atoms with E-state index in [0.29, 0.717) is 6.42 Å². The molecule has 36 heavy (non-hydrogen) atoms. The van der Waals surface area contributed by atoms with Gasteiger partial charge in [-0.05, 0) is 55.3 Å². The minimum absolute atomic E-state index is 0.129. The fraction of sp³-hybridized carbons (Fsp3) is 0.259. The van der Waals surface area contributed by atoms with Crippen LogP contribution in [0.3, 0.4) is 0 Å². The Bertz CT molecular complexity index is 1280. The number of rotatable bonds is 10. The molecule has 0 bridgehead atoms. The maximum Gasteiger partial charge on any atom is 0.264 e. The van der Waals surface area contributed by atoms with E-state index in [1.807, 2.05) is 31.2 Å². The van der Waals surface area contributed by atoms with Gasteiger partial charge in [0.15, 0.2) is 0 Å². The Morgan fingerprint density at radius 3 is 2.11 bits per heavy atom. The summed E-state index contributed by atoms with van der Waals surface area (Å²) in [5.74, 6) is -1.46. The van der Waals surface area contributed by atoms with Gasteiger partial charge in [0.2, 0.25) is 11.8 Å². The third kappa shape index (κ3) is 6.28. The van der Waals surface area contributed by atoms with E-state index in [4.69, 9.17) is 0 Å². The highest BCUT2D eigenvalue weighted by atomic mass is 32.2. The number of anilines is 1. The summed E-state index contributed by atoms with van der Waals surface area (Å²) in [5, 5.41) is 2.59. The second kappa shape index (κ2) is 11.8. The van der Waals surface area contributed by atoms with E-state index >= 15 is 0 Å². The van der Waals surface area contributed by atoms with Gasteiger partial charge < -0.3 is 10.2 Å². The van der Waals surface area contributed by atoms with Crippen LogP contribution >= 0.6 is 0 Å². The van der Waals surface area contributed by atoms with E-state index in [2.05, 4.69) is 5.32 Å². The van der Waals surface area contributed by atoms with Crippen molar-refractivity contribution in [3.63, 3.8) is 0 Å². The molecule has 3 aromatic rings. The van der Waals surface area contributed by atoms with Crippen LogP contribution in [0.25, 0.3) is 0 Å². The van der Waals surface area contributed by atoms with Crippen LogP contribution in [-0.2, 0) is 26.2 Å². The third-order valence-corrected chi connectivity index (χ3v) is 7.62. The van der Waals surface area contributed by atoms with Crippen molar-refractivity contribution in [1.29, 1.82) is 0 Å². The Kier molecular flexibility index (Phi) is 8.82. The number of amides is 2. The predicted molar refractivity (Wildman–Crippen MR) is 137 cm³/mol. The van der Waals surface area contributed by atoms with Crippen LogP contribution in [0.2, 0.25) is 0 Å². The number of sulfonamides is 1. The van der Waals surface area contributed by atoms with Gasteiger partial charge in [-0.25, -0.2) is 12.8 Å². The first-order valence-corrected chi connectivity index (χ1v) is 13.0. The van der Waals surface area contributed by atoms with Crippen molar-refractivity contribution < 1.29 is 22.4 Å². The lowest BCUT2D eigenvalue weighted by atomic mass is 10.1. The van der Waals surface area contributed by atoms with E-state index in [9.17, 15) is 22.4 Å². The number of likely N-dealkylation sites (N-methyl/N-ethyl adjacent to an activating group) is 1. The normalized spacial score (nSPS) is 12.0. The lowest BCUT2D eigenvalue weighted by Crippen LogP contribution is -2.51. The van der Waals surface area contributed by atoms with Gasteiger partial charge >= 0.3 is 0 Å². The summed E-state index contributed by atoms with van der Waals surface area (Å²) in [6.07, 6.45) is 0.341. The topological polar surface area (TPSA) is 86.8 Å². The number of carbonyl (C=O) groups is 2. The van der Waals surface area contributed by atoms with Crippen molar-refractivity contribution in [2.24, 2.45) is 0 Å². The summed E-state index contributed by atoms with van der Waals surface area (Å²) >= 11 is 0. The zero-order chi connectivity index (χ0) is 26.3. The quantitative estimate of drug-likeness (QED) is 0.448. The van der Waals surface area contributed by atoms with Crippen molar-refractivity contribution in [1.82, 2.24) is 10.2 Å². The summed E-state index contributed by atoms with van der Waals surface area (Å²) in [5.41, 5.74) is 2.14. The van der Waals surface area contributed by atoms with Gasteiger partial charge in [0.1, 0.15) is 18.4 Å².